The van der Waals surface area contributed by atoms with Gasteiger partial charge in [0.25, 0.3) is 0 Å². The van der Waals surface area contributed by atoms with E-state index in [1.54, 1.807) is 12.1 Å². The van der Waals surface area contributed by atoms with Crippen molar-refractivity contribution in [3.8, 4) is 5.75 Å². The molecular formula is C24H36N3O2+. The molecule has 2 rings (SSSR count). The Morgan fingerprint density at radius 3 is 2.28 bits per heavy atom. The number of phenolic OH excluding ortho intramolecular Hbond substituents is 1. The van der Waals surface area contributed by atoms with E-state index in [1.165, 1.54) is 31.2 Å². The second-order valence-electron chi connectivity index (χ2n) is 8.39. The largest absolute Gasteiger partial charge is 0.507 e. The van der Waals surface area contributed by atoms with E-state index < -0.39 is 0 Å². The Morgan fingerprint density at radius 1 is 0.897 bits per heavy atom. The number of unbranched alkanes of at least 4 members (excludes halogenated alkanes) is 4. The number of aryl methyl sites for hydroxylation is 1. The molecule has 0 heterocycles. The number of ether oxygens (including phenoxy) is 1. The Bertz CT molecular complexity index is 770. The molecule has 2 aromatic rings. The van der Waals surface area contributed by atoms with Crippen LogP contribution in [0.5, 0.6) is 5.75 Å². The minimum Gasteiger partial charge on any atom is -0.507 e. The minimum atomic E-state index is 0.282. The molecule has 0 unspecified atom stereocenters. The van der Waals surface area contributed by atoms with Gasteiger partial charge >= 0.3 is 0 Å². The third-order valence-electron chi connectivity index (χ3n) is 4.81. The molecule has 0 saturated heterocycles. The molecule has 0 saturated carbocycles. The highest BCUT2D eigenvalue weighted by Gasteiger charge is 2.18. The van der Waals surface area contributed by atoms with Crippen LogP contribution in [0.4, 0.5) is 11.4 Å². The third kappa shape index (κ3) is 8.75. The van der Waals surface area contributed by atoms with Crippen molar-refractivity contribution >= 4 is 11.4 Å². The summed E-state index contributed by atoms with van der Waals surface area (Å²) in [6.07, 6.45) is 6.20. The van der Waals surface area contributed by atoms with Crippen LogP contribution in [0.1, 0.15) is 50.2 Å². The first kappa shape index (κ1) is 23.0. The molecule has 0 aliphatic rings. The monoisotopic (exact) mass is 398 g/mol. The molecule has 0 amide bonds. The van der Waals surface area contributed by atoms with Gasteiger partial charge in [-0.3, -0.25) is 0 Å². The predicted octanol–water partition coefficient (Wildman–Crippen LogP) is 6.64. The minimum absolute atomic E-state index is 0.282. The maximum atomic E-state index is 10.3. The lowest BCUT2D eigenvalue weighted by Crippen LogP contribution is -2.40. The molecule has 0 atom stereocenters. The number of aromatic hydroxyl groups is 1. The van der Waals surface area contributed by atoms with Crippen molar-refractivity contribution in [1.29, 1.82) is 0 Å². The van der Waals surface area contributed by atoms with Crippen molar-refractivity contribution in [3.05, 3.63) is 53.6 Å². The highest BCUT2D eigenvalue weighted by Crippen LogP contribution is 2.27. The molecule has 29 heavy (non-hydrogen) atoms. The normalized spacial score (nSPS) is 12.0. The molecular weight excluding hydrogens is 362 g/mol. The van der Waals surface area contributed by atoms with E-state index in [0.717, 1.165) is 30.0 Å². The summed E-state index contributed by atoms with van der Waals surface area (Å²) in [4.78, 5) is 0. The Balaban J connectivity index is 1.90. The summed E-state index contributed by atoms with van der Waals surface area (Å²) in [6, 6.07) is 13.3. The zero-order valence-corrected chi connectivity index (χ0v) is 18.4. The molecule has 2 aromatic carbocycles. The number of quaternary nitrogens is 1. The van der Waals surface area contributed by atoms with Crippen LogP contribution in [0, 0.1) is 6.92 Å². The van der Waals surface area contributed by atoms with E-state index >= 15 is 0 Å². The van der Waals surface area contributed by atoms with Gasteiger partial charge in [0, 0.05) is 0 Å². The van der Waals surface area contributed by atoms with Crippen molar-refractivity contribution in [2.24, 2.45) is 10.2 Å². The molecule has 158 valence electrons. The fraction of sp³-hybridized carbons (Fsp3) is 0.500. The SMILES string of the molecule is CCCCCCCOC[N+](C)(C)Cc1cc(N=Nc2ccc(C)cc2)ccc1O. The van der Waals surface area contributed by atoms with Gasteiger partial charge in [-0.25, -0.2) is 0 Å². The number of nitrogens with zero attached hydrogens (tertiary/aromatic N) is 3. The van der Waals surface area contributed by atoms with Gasteiger partial charge in [-0.05, 0) is 43.7 Å². The van der Waals surface area contributed by atoms with Gasteiger partial charge < -0.3 is 14.3 Å². The number of phenols is 1. The van der Waals surface area contributed by atoms with Gasteiger partial charge in [0.2, 0.25) is 0 Å². The smallest absolute Gasteiger partial charge is 0.182 e. The topological polar surface area (TPSA) is 54.2 Å². The summed E-state index contributed by atoms with van der Waals surface area (Å²) >= 11 is 0. The van der Waals surface area contributed by atoms with Gasteiger partial charge in [0.1, 0.15) is 12.3 Å². The average molecular weight is 399 g/mol. The van der Waals surface area contributed by atoms with E-state index in [1.807, 2.05) is 37.3 Å². The number of azo groups is 1. The van der Waals surface area contributed by atoms with Crippen LogP contribution in [0.2, 0.25) is 0 Å². The number of hydrogen-bond acceptors (Lipinski definition) is 4. The fourth-order valence-corrected chi connectivity index (χ4v) is 3.11. The Labute approximate surface area is 175 Å². The molecule has 5 nitrogen and oxygen atoms in total. The lowest BCUT2D eigenvalue weighted by atomic mass is 10.1. The van der Waals surface area contributed by atoms with Crippen molar-refractivity contribution in [2.45, 2.75) is 52.5 Å². The first-order valence-corrected chi connectivity index (χ1v) is 10.6. The van der Waals surface area contributed by atoms with Crippen LogP contribution >= 0.6 is 0 Å². The van der Waals surface area contributed by atoms with Crippen LogP contribution in [-0.4, -0.2) is 37.0 Å². The zero-order chi connectivity index (χ0) is 21.1. The quantitative estimate of drug-likeness (QED) is 0.189. The van der Waals surface area contributed by atoms with Gasteiger partial charge in [0.05, 0.1) is 37.6 Å². The number of benzene rings is 2. The van der Waals surface area contributed by atoms with E-state index in [4.69, 9.17) is 4.74 Å². The summed E-state index contributed by atoms with van der Waals surface area (Å²) in [6.45, 7) is 6.34. The van der Waals surface area contributed by atoms with E-state index in [-0.39, 0.29) is 5.75 Å². The maximum Gasteiger partial charge on any atom is 0.182 e. The second kappa shape index (κ2) is 11.7. The van der Waals surface area contributed by atoms with E-state index in [0.29, 0.717) is 17.8 Å². The summed E-state index contributed by atoms with van der Waals surface area (Å²) in [7, 11) is 4.22. The highest BCUT2D eigenvalue weighted by molar-refractivity contribution is 5.47. The van der Waals surface area contributed by atoms with Crippen LogP contribution < -0.4 is 0 Å². The molecule has 0 spiro atoms. The lowest BCUT2D eigenvalue weighted by molar-refractivity contribution is -0.922. The lowest BCUT2D eigenvalue weighted by Gasteiger charge is -2.29. The molecule has 0 fully saturated rings. The zero-order valence-electron chi connectivity index (χ0n) is 18.4. The van der Waals surface area contributed by atoms with Crippen molar-refractivity contribution in [1.82, 2.24) is 0 Å². The Morgan fingerprint density at radius 2 is 1.55 bits per heavy atom. The molecule has 0 radical (unpaired) electrons. The molecule has 5 heteroatoms. The van der Waals surface area contributed by atoms with Crippen LogP contribution in [-0.2, 0) is 11.3 Å². The first-order chi connectivity index (χ1) is 13.9. The molecule has 0 aliphatic heterocycles. The van der Waals surface area contributed by atoms with Crippen LogP contribution in [0.15, 0.2) is 52.7 Å². The van der Waals surface area contributed by atoms with E-state index in [2.05, 4.69) is 31.2 Å². The van der Waals surface area contributed by atoms with Crippen molar-refractivity contribution < 1.29 is 14.3 Å². The summed E-state index contributed by atoms with van der Waals surface area (Å²) < 4.78 is 6.52. The molecule has 0 bridgehead atoms. The first-order valence-electron chi connectivity index (χ1n) is 10.6. The predicted molar refractivity (Wildman–Crippen MR) is 119 cm³/mol. The summed E-state index contributed by atoms with van der Waals surface area (Å²) in [5, 5.41) is 18.9. The van der Waals surface area contributed by atoms with E-state index in [9.17, 15) is 5.11 Å². The third-order valence-corrected chi connectivity index (χ3v) is 4.81. The van der Waals surface area contributed by atoms with Gasteiger partial charge in [-0.2, -0.15) is 10.2 Å². The van der Waals surface area contributed by atoms with Gasteiger partial charge in [-0.1, -0.05) is 50.3 Å². The maximum absolute atomic E-state index is 10.3. The van der Waals surface area contributed by atoms with Gasteiger partial charge in [-0.15, -0.1) is 0 Å². The Hall–Kier alpha value is -2.24. The average Bonchev–Trinajstić information content (AvgIpc) is 2.69. The summed E-state index contributed by atoms with van der Waals surface area (Å²) in [5.41, 5.74) is 3.59. The number of hydrogen-bond donors (Lipinski definition) is 1. The van der Waals surface area contributed by atoms with Crippen molar-refractivity contribution in [2.75, 3.05) is 27.4 Å². The molecule has 0 aliphatic carbocycles. The van der Waals surface area contributed by atoms with Crippen LogP contribution in [0.3, 0.4) is 0 Å². The number of rotatable bonds is 12. The standard InChI is InChI=1S/C24H35N3O2/c1-5-6-7-8-9-16-29-19-27(3,4)18-21-17-23(14-15-24(21)28)26-25-22-12-10-20(2)11-13-22/h10-15,17H,5-9,16,18-19H2,1-4H3/p+1. The second-order valence-corrected chi connectivity index (χ2v) is 8.39. The van der Waals surface area contributed by atoms with Gasteiger partial charge in [0.15, 0.2) is 6.73 Å². The van der Waals surface area contributed by atoms with Crippen molar-refractivity contribution in [3.63, 3.8) is 0 Å². The molecule has 1 N–H and O–H groups in total. The van der Waals surface area contributed by atoms with Crippen LogP contribution in [0.25, 0.3) is 0 Å². The Kier molecular flexibility index (Phi) is 9.29. The summed E-state index contributed by atoms with van der Waals surface area (Å²) in [5.74, 6) is 0.282. The highest BCUT2D eigenvalue weighted by atomic mass is 16.5. The fourth-order valence-electron chi connectivity index (χ4n) is 3.11. The molecule has 0 aromatic heterocycles.